The summed E-state index contributed by atoms with van der Waals surface area (Å²) in [5, 5.41) is 6.97. The molecule has 0 aliphatic rings. The standard InChI is InChI=1S/C18H18BrN3O3/c1-3-11(2)15(20-17(23)14-5-4-10-24-14)18-21-16(22-25-18)12-6-8-13(19)9-7-12/h4-11,15H,3H2,1-2H3,(H,20,23)/t11-,15-/m1/s1. The van der Waals surface area contributed by atoms with E-state index in [9.17, 15) is 4.79 Å². The monoisotopic (exact) mass is 403 g/mol. The number of hydrogen-bond acceptors (Lipinski definition) is 5. The highest BCUT2D eigenvalue weighted by atomic mass is 79.9. The number of furan rings is 1. The molecule has 1 N–H and O–H groups in total. The highest BCUT2D eigenvalue weighted by molar-refractivity contribution is 9.10. The van der Waals surface area contributed by atoms with Crippen molar-refractivity contribution in [3.63, 3.8) is 0 Å². The first-order chi connectivity index (χ1) is 12.1. The Morgan fingerprint density at radius 1 is 1.28 bits per heavy atom. The van der Waals surface area contributed by atoms with Crippen LogP contribution in [0.15, 0.2) is 56.1 Å². The van der Waals surface area contributed by atoms with E-state index in [-0.39, 0.29) is 23.6 Å². The largest absolute Gasteiger partial charge is 0.459 e. The number of amides is 1. The Morgan fingerprint density at radius 2 is 2.04 bits per heavy atom. The molecule has 0 radical (unpaired) electrons. The molecule has 0 aliphatic carbocycles. The van der Waals surface area contributed by atoms with Crippen LogP contribution in [0, 0.1) is 5.92 Å². The van der Waals surface area contributed by atoms with Gasteiger partial charge in [0.05, 0.1) is 6.26 Å². The Bertz CT molecular complexity index is 828. The van der Waals surface area contributed by atoms with E-state index in [2.05, 4.69) is 31.4 Å². The summed E-state index contributed by atoms with van der Waals surface area (Å²) in [5.74, 6) is 0.937. The average molecular weight is 404 g/mol. The van der Waals surface area contributed by atoms with E-state index in [1.165, 1.54) is 6.26 Å². The van der Waals surface area contributed by atoms with Gasteiger partial charge in [-0.15, -0.1) is 0 Å². The zero-order chi connectivity index (χ0) is 17.8. The number of nitrogens with zero attached hydrogens (tertiary/aromatic N) is 2. The van der Waals surface area contributed by atoms with Crippen LogP contribution in [0.2, 0.25) is 0 Å². The first kappa shape index (κ1) is 17.4. The zero-order valence-electron chi connectivity index (χ0n) is 13.9. The molecule has 0 spiro atoms. The highest BCUT2D eigenvalue weighted by Gasteiger charge is 2.27. The molecule has 0 aliphatic heterocycles. The second-order valence-electron chi connectivity index (χ2n) is 5.78. The van der Waals surface area contributed by atoms with Gasteiger partial charge in [0.2, 0.25) is 11.7 Å². The van der Waals surface area contributed by atoms with Crippen LogP contribution in [0.3, 0.4) is 0 Å². The number of halogens is 1. The molecular weight excluding hydrogens is 386 g/mol. The van der Waals surface area contributed by atoms with E-state index in [0.717, 1.165) is 16.5 Å². The lowest BCUT2D eigenvalue weighted by Crippen LogP contribution is -2.32. The van der Waals surface area contributed by atoms with Crippen molar-refractivity contribution in [2.24, 2.45) is 5.92 Å². The van der Waals surface area contributed by atoms with Crippen LogP contribution >= 0.6 is 15.9 Å². The molecule has 6 nitrogen and oxygen atoms in total. The molecule has 0 fully saturated rings. The molecule has 2 atom stereocenters. The van der Waals surface area contributed by atoms with Crippen molar-refractivity contribution in [3.8, 4) is 11.4 Å². The number of aromatic nitrogens is 2. The van der Waals surface area contributed by atoms with Gasteiger partial charge in [0.15, 0.2) is 5.76 Å². The van der Waals surface area contributed by atoms with Crippen molar-refractivity contribution in [1.82, 2.24) is 15.5 Å². The second-order valence-corrected chi connectivity index (χ2v) is 6.69. The number of hydrogen-bond donors (Lipinski definition) is 1. The van der Waals surface area contributed by atoms with Gasteiger partial charge in [-0.2, -0.15) is 4.98 Å². The molecular formula is C18H18BrN3O3. The van der Waals surface area contributed by atoms with Crippen LogP contribution in [0.25, 0.3) is 11.4 Å². The molecule has 130 valence electrons. The third-order valence-corrected chi connectivity index (χ3v) is 4.58. The molecule has 3 rings (SSSR count). The minimum Gasteiger partial charge on any atom is -0.459 e. The van der Waals surface area contributed by atoms with E-state index in [1.807, 2.05) is 38.1 Å². The molecule has 0 saturated carbocycles. The lowest BCUT2D eigenvalue weighted by Gasteiger charge is -2.20. The van der Waals surface area contributed by atoms with Gasteiger partial charge in [-0.25, -0.2) is 0 Å². The Morgan fingerprint density at radius 3 is 2.68 bits per heavy atom. The minimum absolute atomic E-state index is 0.122. The number of carbonyl (C=O) groups excluding carboxylic acids is 1. The smallest absolute Gasteiger partial charge is 0.287 e. The van der Waals surface area contributed by atoms with Crippen LogP contribution in [0.1, 0.15) is 42.8 Å². The van der Waals surface area contributed by atoms with Gasteiger partial charge in [0.1, 0.15) is 6.04 Å². The first-order valence-electron chi connectivity index (χ1n) is 8.02. The predicted molar refractivity (Wildman–Crippen MR) is 95.8 cm³/mol. The predicted octanol–water partition coefficient (Wildman–Crippen LogP) is 4.61. The first-order valence-corrected chi connectivity index (χ1v) is 8.81. The van der Waals surface area contributed by atoms with Crippen molar-refractivity contribution in [2.75, 3.05) is 0 Å². The minimum atomic E-state index is -0.390. The fourth-order valence-electron chi connectivity index (χ4n) is 2.38. The fraction of sp³-hybridized carbons (Fsp3) is 0.278. The SMILES string of the molecule is CC[C@@H](C)[C@@H](NC(=O)c1ccco1)c1nc(-c2ccc(Br)cc2)no1. The Hall–Kier alpha value is -2.41. The molecule has 2 heterocycles. The summed E-state index contributed by atoms with van der Waals surface area (Å²) in [6.07, 6.45) is 2.31. The van der Waals surface area contributed by atoms with Crippen LogP contribution in [-0.4, -0.2) is 16.0 Å². The average Bonchev–Trinajstić information content (AvgIpc) is 3.31. The van der Waals surface area contributed by atoms with Gasteiger partial charge < -0.3 is 14.3 Å². The Balaban J connectivity index is 1.84. The van der Waals surface area contributed by atoms with E-state index in [0.29, 0.717) is 11.7 Å². The normalized spacial score (nSPS) is 13.4. The van der Waals surface area contributed by atoms with Crippen molar-refractivity contribution in [2.45, 2.75) is 26.3 Å². The van der Waals surface area contributed by atoms with Crippen LogP contribution in [0.5, 0.6) is 0 Å². The Labute approximate surface area is 153 Å². The van der Waals surface area contributed by atoms with Gasteiger partial charge in [-0.1, -0.05) is 41.4 Å². The Kier molecular flexibility index (Phi) is 5.33. The number of rotatable bonds is 6. The summed E-state index contributed by atoms with van der Waals surface area (Å²) in [6.45, 7) is 4.07. The third kappa shape index (κ3) is 3.99. The van der Waals surface area contributed by atoms with E-state index in [4.69, 9.17) is 8.94 Å². The van der Waals surface area contributed by atoms with Gasteiger partial charge in [-0.05, 0) is 42.3 Å². The maximum atomic E-state index is 12.3. The van der Waals surface area contributed by atoms with Crippen LogP contribution in [0.4, 0.5) is 0 Å². The summed E-state index contributed by atoms with van der Waals surface area (Å²) in [7, 11) is 0. The van der Waals surface area contributed by atoms with Gasteiger partial charge >= 0.3 is 0 Å². The van der Waals surface area contributed by atoms with E-state index < -0.39 is 0 Å². The fourth-order valence-corrected chi connectivity index (χ4v) is 2.65. The molecule has 1 aromatic carbocycles. The van der Waals surface area contributed by atoms with Gasteiger partial charge in [0.25, 0.3) is 5.91 Å². The molecule has 3 aromatic rings. The number of carbonyl (C=O) groups is 1. The maximum Gasteiger partial charge on any atom is 0.287 e. The van der Waals surface area contributed by atoms with Gasteiger partial charge in [-0.3, -0.25) is 4.79 Å². The second kappa shape index (κ2) is 7.65. The lowest BCUT2D eigenvalue weighted by atomic mass is 9.99. The third-order valence-electron chi connectivity index (χ3n) is 4.05. The van der Waals surface area contributed by atoms with Crippen molar-refractivity contribution < 1.29 is 13.7 Å². The summed E-state index contributed by atoms with van der Waals surface area (Å²) in [6, 6.07) is 10.5. The van der Waals surface area contributed by atoms with Crippen LogP contribution in [-0.2, 0) is 0 Å². The molecule has 2 aromatic heterocycles. The molecule has 1 amide bonds. The van der Waals surface area contributed by atoms with Crippen molar-refractivity contribution >= 4 is 21.8 Å². The van der Waals surface area contributed by atoms with E-state index >= 15 is 0 Å². The number of nitrogens with one attached hydrogen (secondary N) is 1. The van der Waals surface area contributed by atoms with Crippen LogP contribution < -0.4 is 5.32 Å². The number of benzene rings is 1. The zero-order valence-corrected chi connectivity index (χ0v) is 15.5. The quantitative estimate of drug-likeness (QED) is 0.649. The molecule has 7 heteroatoms. The molecule has 0 saturated heterocycles. The van der Waals surface area contributed by atoms with Gasteiger partial charge in [0, 0.05) is 10.0 Å². The summed E-state index contributed by atoms with van der Waals surface area (Å²) in [5.41, 5.74) is 0.846. The summed E-state index contributed by atoms with van der Waals surface area (Å²) in [4.78, 5) is 16.8. The van der Waals surface area contributed by atoms with Crippen molar-refractivity contribution in [3.05, 3.63) is 58.8 Å². The molecule has 0 unspecified atom stereocenters. The summed E-state index contributed by atoms with van der Waals surface area (Å²) >= 11 is 3.40. The maximum absolute atomic E-state index is 12.3. The molecule has 25 heavy (non-hydrogen) atoms. The van der Waals surface area contributed by atoms with Crippen molar-refractivity contribution in [1.29, 1.82) is 0 Å². The summed E-state index contributed by atoms with van der Waals surface area (Å²) < 4.78 is 11.6. The highest BCUT2D eigenvalue weighted by Crippen LogP contribution is 2.26. The van der Waals surface area contributed by atoms with E-state index in [1.54, 1.807) is 12.1 Å². The molecule has 0 bridgehead atoms. The topological polar surface area (TPSA) is 81.2 Å². The lowest BCUT2D eigenvalue weighted by molar-refractivity contribution is 0.0882.